The molecular formula is C26H27ClF2N2O4S. The van der Waals surface area contributed by atoms with Gasteiger partial charge in [0, 0.05) is 16.6 Å². The van der Waals surface area contributed by atoms with Crippen LogP contribution in [0.5, 0.6) is 0 Å². The number of carbonyl (C=O) groups is 1. The third kappa shape index (κ3) is 6.53. The third-order valence-electron chi connectivity index (χ3n) is 5.21. The molecule has 0 bridgehead atoms. The summed E-state index contributed by atoms with van der Waals surface area (Å²) in [6.45, 7) is 6.79. The van der Waals surface area contributed by atoms with Crippen LogP contribution in [-0.2, 0) is 21.4 Å². The predicted octanol–water partition coefficient (Wildman–Crippen LogP) is 6.60. The van der Waals surface area contributed by atoms with E-state index in [1.807, 2.05) is 0 Å². The molecule has 0 saturated carbocycles. The smallest absolute Gasteiger partial charge is 0.407 e. The Morgan fingerprint density at radius 3 is 2.33 bits per heavy atom. The summed E-state index contributed by atoms with van der Waals surface area (Å²) in [5.41, 5.74) is -0.0227. The zero-order valence-electron chi connectivity index (χ0n) is 20.3. The molecule has 0 aliphatic heterocycles. The number of anilines is 1. The van der Waals surface area contributed by atoms with Crippen molar-refractivity contribution in [1.82, 2.24) is 5.32 Å². The van der Waals surface area contributed by atoms with Gasteiger partial charge in [0.25, 0.3) is 10.0 Å². The van der Waals surface area contributed by atoms with Crippen molar-refractivity contribution in [3.8, 4) is 0 Å². The molecule has 0 aliphatic rings. The number of nitrogens with zero attached hydrogens (tertiary/aromatic N) is 1. The van der Waals surface area contributed by atoms with Gasteiger partial charge in [-0.3, -0.25) is 4.31 Å². The van der Waals surface area contributed by atoms with Crippen LogP contribution in [0.3, 0.4) is 0 Å². The second kappa shape index (κ2) is 10.8. The molecule has 36 heavy (non-hydrogen) atoms. The number of rotatable bonds is 7. The van der Waals surface area contributed by atoms with Crippen LogP contribution in [0.4, 0.5) is 19.3 Å². The first-order valence-electron chi connectivity index (χ1n) is 11.1. The molecule has 0 radical (unpaired) electrons. The lowest BCUT2D eigenvalue weighted by atomic mass is 10.0. The lowest BCUT2D eigenvalue weighted by Crippen LogP contribution is -2.40. The minimum absolute atomic E-state index is 0.152. The van der Waals surface area contributed by atoms with Gasteiger partial charge < -0.3 is 10.1 Å². The van der Waals surface area contributed by atoms with Crippen molar-refractivity contribution in [1.29, 1.82) is 0 Å². The van der Waals surface area contributed by atoms with Gasteiger partial charge in [0.2, 0.25) is 0 Å². The first-order valence-corrected chi connectivity index (χ1v) is 12.9. The molecule has 3 aromatic rings. The minimum Gasteiger partial charge on any atom is -0.445 e. The number of amides is 1. The van der Waals surface area contributed by atoms with Crippen LogP contribution in [0.25, 0.3) is 0 Å². The average Bonchev–Trinajstić information content (AvgIpc) is 2.79. The number of hydrogen-bond donors (Lipinski definition) is 1. The summed E-state index contributed by atoms with van der Waals surface area (Å²) in [7, 11) is -4.38. The van der Waals surface area contributed by atoms with E-state index in [4.69, 9.17) is 16.3 Å². The van der Waals surface area contributed by atoms with Crippen molar-refractivity contribution >= 4 is 33.4 Å². The average molecular weight is 537 g/mol. The molecular weight excluding hydrogens is 510 g/mol. The van der Waals surface area contributed by atoms with Gasteiger partial charge in [-0.05, 0) is 75.2 Å². The predicted molar refractivity (Wildman–Crippen MR) is 135 cm³/mol. The Bertz CT molecular complexity index is 1340. The van der Waals surface area contributed by atoms with Crippen molar-refractivity contribution in [3.05, 3.63) is 94.5 Å². The Morgan fingerprint density at radius 2 is 1.69 bits per heavy atom. The summed E-state index contributed by atoms with van der Waals surface area (Å²) in [4.78, 5) is 12.0. The normalized spacial score (nSPS) is 12.6. The van der Waals surface area contributed by atoms with Gasteiger partial charge in [-0.25, -0.2) is 22.0 Å². The Hall–Kier alpha value is -3.17. The third-order valence-corrected chi connectivity index (χ3v) is 7.36. The fourth-order valence-electron chi connectivity index (χ4n) is 3.61. The number of benzene rings is 3. The van der Waals surface area contributed by atoms with E-state index in [0.717, 1.165) is 22.5 Å². The maximum absolute atomic E-state index is 14.9. The summed E-state index contributed by atoms with van der Waals surface area (Å²) in [6.07, 6.45) is -0.647. The number of sulfonamides is 1. The van der Waals surface area contributed by atoms with Crippen LogP contribution < -0.4 is 9.62 Å². The molecule has 0 saturated heterocycles. The number of alkyl carbamates (subject to hydrolysis) is 1. The van der Waals surface area contributed by atoms with Gasteiger partial charge in [0.05, 0.1) is 16.6 Å². The molecule has 0 aromatic heterocycles. The molecule has 3 rings (SSSR count). The number of carbonyl (C=O) groups excluding carboxylic acids is 1. The Kier molecular flexibility index (Phi) is 8.26. The van der Waals surface area contributed by atoms with E-state index >= 15 is 0 Å². The Balaban J connectivity index is 2.07. The summed E-state index contributed by atoms with van der Waals surface area (Å²) in [5, 5.41) is 3.00. The quantitative estimate of drug-likeness (QED) is 0.369. The van der Waals surface area contributed by atoms with Crippen molar-refractivity contribution in [2.45, 2.75) is 50.8 Å². The van der Waals surface area contributed by atoms with Crippen molar-refractivity contribution in [2.24, 2.45) is 0 Å². The lowest BCUT2D eigenvalue weighted by Gasteiger charge is -2.32. The zero-order valence-corrected chi connectivity index (χ0v) is 21.8. The highest BCUT2D eigenvalue weighted by Crippen LogP contribution is 2.36. The van der Waals surface area contributed by atoms with Crippen LogP contribution in [0.1, 0.15) is 44.9 Å². The topological polar surface area (TPSA) is 75.7 Å². The SMILES string of the molecule is C[C@H](c1ccccc1COC(=O)NC(C)(C)C)N(c1cc(F)ccc1F)S(=O)(=O)c1ccc(Cl)cc1. The van der Waals surface area contributed by atoms with E-state index in [2.05, 4.69) is 5.32 Å². The van der Waals surface area contributed by atoms with Gasteiger partial charge in [-0.1, -0.05) is 35.9 Å². The molecule has 0 heterocycles. The van der Waals surface area contributed by atoms with Crippen molar-refractivity contribution in [3.63, 3.8) is 0 Å². The molecule has 192 valence electrons. The maximum Gasteiger partial charge on any atom is 0.407 e. The molecule has 1 amide bonds. The molecule has 0 aliphatic carbocycles. The van der Waals surface area contributed by atoms with E-state index in [9.17, 15) is 22.0 Å². The van der Waals surface area contributed by atoms with Gasteiger partial charge >= 0.3 is 6.09 Å². The van der Waals surface area contributed by atoms with Gasteiger partial charge in [-0.15, -0.1) is 0 Å². The summed E-state index contributed by atoms with van der Waals surface area (Å²) in [5.74, 6) is -1.72. The fraction of sp³-hybridized carbons (Fsp3) is 0.269. The van der Waals surface area contributed by atoms with Gasteiger partial charge in [0.1, 0.15) is 18.2 Å². The maximum atomic E-state index is 14.9. The number of halogens is 3. The molecule has 3 aromatic carbocycles. The summed E-state index contributed by atoms with van der Waals surface area (Å²) in [6, 6.07) is 13.7. The van der Waals surface area contributed by atoms with Crippen LogP contribution in [-0.4, -0.2) is 20.0 Å². The highest BCUT2D eigenvalue weighted by Gasteiger charge is 2.33. The van der Waals surface area contributed by atoms with Crippen molar-refractivity contribution < 1.29 is 26.7 Å². The van der Waals surface area contributed by atoms with Crippen LogP contribution in [0.15, 0.2) is 71.6 Å². The fourth-order valence-corrected chi connectivity index (χ4v) is 5.37. The first-order chi connectivity index (χ1) is 16.8. The first kappa shape index (κ1) is 27.4. The number of nitrogens with one attached hydrogen (secondary N) is 1. The second-order valence-corrected chi connectivity index (χ2v) is 11.4. The molecule has 1 atom stereocenters. The number of ether oxygens (including phenoxy) is 1. The van der Waals surface area contributed by atoms with E-state index in [0.29, 0.717) is 16.1 Å². The van der Waals surface area contributed by atoms with E-state index in [-0.39, 0.29) is 11.5 Å². The standard InChI is InChI=1S/C26H27ClF2N2O4S/c1-17(22-8-6-5-7-18(22)16-35-25(32)30-26(2,3)4)31(24-15-20(28)11-14-23(24)29)36(33,34)21-12-9-19(27)10-13-21/h5-15,17H,16H2,1-4H3,(H,30,32)/t17-/m1/s1. The van der Waals surface area contributed by atoms with Gasteiger partial charge in [-0.2, -0.15) is 0 Å². The van der Waals surface area contributed by atoms with Crippen LogP contribution in [0.2, 0.25) is 5.02 Å². The minimum atomic E-state index is -4.38. The molecule has 0 unspecified atom stereocenters. The molecule has 10 heteroatoms. The highest BCUT2D eigenvalue weighted by molar-refractivity contribution is 7.92. The Labute approximate surface area is 214 Å². The van der Waals surface area contributed by atoms with E-state index < -0.39 is 45.0 Å². The lowest BCUT2D eigenvalue weighted by molar-refractivity contribution is 0.131. The molecule has 6 nitrogen and oxygen atoms in total. The van der Waals surface area contributed by atoms with Gasteiger partial charge in [0.15, 0.2) is 0 Å². The molecule has 0 spiro atoms. The van der Waals surface area contributed by atoms with Crippen molar-refractivity contribution in [2.75, 3.05) is 4.31 Å². The largest absolute Gasteiger partial charge is 0.445 e. The summed E-state index contributed by atoms with van der Waals surface area (Å²) >= 11 is 5.92. The highest BCUT2D eigenvalue weighted by atomic mass is 35.5. The number of hydrogen-bond acceptors (Lipinski definition) is 4. The second-order valence-electron chi connectivity index (χ2n) is 9.18. The summed E-state index contributed by atoms with van der Waals surface area (Å²) < 4.78 is 62.8. The zero-order chi connectivity index (χ0) is 26.7. The van der Waals surface area contributed by atoms with E-state index in [1.165, 1.54) is 24.3 Å². The van der Waals surface area contributed by atoms with Crippen LogP contribution >= 0.6 is 11.6 Å². The molecule has 0 fully saturated rings. The van der Waals surface area contributed by atoms with E-state index in [1.54, 1.807) is 52.0 Å². The Morgan fingerprint density at radius 1 is 1.06 bits per heavy atom. The van der Waals surface area contributed by atoms with Crippen LogP contribution in [0, 0.1) is 11.6 Å². The molecule has 1 N–H and O–H groups in total. The monoisotopic (exact) mass is 536 g/mol.